The van der Waals surface area contributed by atoms with E-state index >= 15 is 0 Å². The number of aromatic nitrogens is 3. The van der Waals surface area contributed by atoms with Gasteiger partial charge in [-0.05, 0) is 30.3 Å². The Bertz CT molecular complexity index is 1310. The maximum absolute atomic E-state index is 12.9. The summed E-state index contributed by atoms with van der Waals surface area (Å²) >= 11 is 0. The summed E-state index contributed by atoms with van der Waals surface area (Å²) in [7, 11) is 0. The van der Waals surface area contributed by atoms with Crippen molar-refractivity contribution in [2.45, 2.75) is 25.5 Å². The maximum atomic E-state index is 12.9. The number of likely N-dealkylation sites (tertiary alicyclic amines) is 1. The molecule has 0 atom stereocenters. The molecule has 0 bridgehead atoms. The molecule has 8 heteroatoms. The Morgan fingerprint density at radius 3 is 2.59 bits per heavy atom. The van der Waals surface area contributed by atoms with Crippen LogP contribution in [0.3, 0.4) is 0 Å². The summed E-state index contributed by atoms with van der Waals surface area (Å²) in [6.45, 7) is 1.32. The predicted molar refractivity (Wildman–Crippen MR) is 120 cm³/mol. The first-order valence-corrected chi connectivity index (χ1v) is 10.6. The number of nitrogens with zero attached hydrogens (tertiary/aromatic N) is 4. The molecule has 162 valence electrons. The lowest BCUT2D eigenvalue weighted by molar-refractivity contribution is -0.118. The highest BCUT2D eigenvalue weighted by atomic mass is 16.5. The lowest BCUT2D eigenvalue weighted by atomic mass is 10.1. The second-order valence-electron chi connectivity index (χ2n) is 7.95. The molecule has 3 heterocycles. The minimum absolute atomic E-state index is 0.00632. The second kappa shape index (κ2) is 8.30. The highest BCUT2D eigenvalue weighted by Gasteiger charge is 2.26. The monoisotopic (exact) mass is 429 g/mol. The number of benzene rings is 2. The van der Waals surface area contributed by atoms with E-state index in [9.17, 15) is 9.59 Å². The van der Waals surface area contributed by atoms with E-state index in [1.807, 2.05) is 64.2 Å². The molecule has 4 aromatic rings. The van der Waals surface area contributed by atoms with Gasteiger partial charge in [-0.2, -0.15) is 0 Å². The maximum Gasteiger partial charge on any atom is 0.274 e. The lowest BCUT2D eigenvalue weighted by Crippen LogP contribution is -2.42. The fourth-order valence-electron chi connectivity index (χ4n) is 4.18. The third kappa shape index (κ3) is 3.87. The number of nitrogens with two attached hydrogens (primary N) is 1. The molecular formula is C24H23N5O3. The van der Waals surface area contributed by atoms with Crippen LogP contribution >= 0.6 is 0 Å². The van der Waals surface area contributed by atoms with Crippen molar-refractivity contribution >= 4 is 33.8 Å². The fraction of sp³-hybridized carbons (Fsp3) is 0.250. The molecule has 0 spiro atoms. The van der Waals surface area contributed by atoms with Gasteiger partial charge in [0.1, 0.15) is 24.1 Å². The van der Waals surface area contributed by atoms with Crippen LogP contribution in [0.1, 0.15) is 23.3 Å². The van der Waals surface area contributed by atoms with Gasteiger partial charge in [-0.1, -0.05) is 18.2 Å². The number of piperidine rings is 1. The number of ether oxygens (including phenoxy) is 1. The Morgan fingerprint density at radius 2 is 1.81 bits per heavy atom. The van der Waals surface area contributed by atoms with Crippen molar-refractivity contribution in [1.82, 2.24) is 19.4 Å². The first-order chi connectivity index (χ1) is 15.6. The van der Waals surface area contributed by atoms with Crippen molar-refractivity contribution in [2.24, 2.45) is 5.73 Å². The normalized spacial score (nSPS) is 14.7. The van der Waals surface area contributed by atoms with E-state index in [-0.39, 0.29) is 24.5 Å². The van der Waals surface area contributed by atoms with Crippen LogP contribution in [0.15, 0.2) is 60.9 Å². The second-order valence-corrected chi connectivity index (χ2v) is 7.95. The van der Waals surface area contributed by atoms with Crippen molar-refractivity contribution in [3.05, 3.63) is 66.6 Å². The van der Waals surface area contributed by atoms with E-state index in [1.165, 1.54) is 0 Å². The molecule has 1 fully saturated rings. The standard InChI is InChI=1S/C24H23N5O3/c25-23(30)15-29-13-10-17-21(29)6-3-7-22(17)32-16-8-11-28(12-9-16)24(31)20-14-26-18-4-1-2-5-19(18)27-20/h1-7,10,13-14,16H,8-9,11-12,15H2,(H2,25,30). The van der Waals surface area contributed by atoms with Gasteiger partial charge >= 0.3 is 0 Å². The molecule has 2 aromatic heterocycles. The summed E-state index contributed by atoms with van der Waals surface area (Å²) in [6.07, 6.45) is 4.85. The Balaban J connectivity index is 1.25. The van der Waals surface area contributed by atoms with E-state index < -0.39 is 0 Å². The largest absolute Gasteiger partial charge is 0.490 e. The van der Waals surface area contributed by atoms with Crippen LogP contribution in [0.25, 0.3) is 21.9 Å². The minimum Gasteiger partial charge on any atom is -0.490 e. The minimum atomic E-state index is -0.387. The summed E-state index contributed by atoms with van der Waals surface area (Å²) in [5, 5.41) is 0.943. The molecule has 0 radical (unpaired) electrons. The number of rotatable bonds is 5. The van der Waals surface area contributed by atoms with Crippen molar-refractivity contribution in [3.8, 4) is 5.75 Å². The van der Waals surface area contributed by atoms with Gasteiger partial charge < -0.3 is 19.9 Å². The number of primary amides is 1. The van der Waals surface area contributed by atoms with Crippen LogP contribution in [0, 0.1) is 0 Å². The zero-order chi connectivity index (χ0) is 22.1. The molecule has 1 saturated heterocycles. The van der Waals surface area contributed by atoms with Gasteiger partial charge in [0.25, 0.3) is 5.91 Å². The van der Waals surface area contributed by atoms with Crippen LogP contribution in [0.2, 0.25) is 0 Å². The Hall–Kier alpha value is -3.94. The number of fused-ring (bicyclic) bond motifs is 2. The molecule has 2 N–H and O–H groups in total. The quantitative estimate of drug-likeness (QED) is 0.525. The van der Waals surface area contributed by atoms with E-state index in [4.69, 9.17) is 10.5 Å². The van der Waals surface area contributed by atoms with Crippen LogP contribution < -0.4 is 10.5 Å². The Labute approximate surface area is 184 Å². The van der Waals surface area contributed by atoms with Crippen LogP contribution in [0.5, 0.6) is 5.75 Å². The number of para-hydroxylation sites is 2. The van der Waals surface area contributed by atoms with Crippen molar-refractivity contribution in [1.29, 1.82) is 0 Å². The van der Waals surface area contributed by atoms with Gasteiger partial charge in [-0.3, -0.25) is 14.6 Å². The molecule has 1 aliphatic heterocycles. The molecule has 8 nitrogen and oxygen atoms in total. The van der Waals surface area contributed by atoms with E-state index in [0.717, 1.165) is 35.0 Å². The van der Waals surface area contributed by atoms with Gasteiger partial charge in [0.15, 0.2) is 0 Å². The van der Waals surface area contributed by atoms with Gasteiger partial charge in [-0.25, -0.2) is 4.98 Å². The topological polar surface area (TPSA) is 103 Å². The Kier molecular flexibility index (Phi) is 5.18. The number of amides is 2. The first kappa shape index (κ1) is 20.0. The molecular weight excluding hydrogens is 406 g/mol. The van der Waals surface area contributed by atoms with Crippen LogP contribution in [0.4, 0.5) is 0 Å². The fourth-order valence-corrected chi connectivity index (χ4v) is 4.18. The van der Waals surface area contributed by atoms with Gasteiger partial charge in [0.05, 0.1) is 22.7 Å². The lowest BCUT2D eigenvalue weighted by Gasteiger charge is -2.32. The van der Waals surface area contributed by atoms with Crippen molar-refractivity contribution in [3.63, 3.8) is 0 Å². The zero-order valence-electron chi connectivity index (χ0n) is 17.5. The summed E-state index contributed by atoms with van der Waals surface area (Å²) < 4.78 is 8.10. The molecule has 2 amide bonds. The molecule has 2 aromatic carbocycles. The molecule has 1 aliphatic rings. The van der Waals surface area contributed by atoms with Crippen molar-refractivity contribution in [2.75, 3.05) is 13.1 Å². The summed E-state index contributed by atoms with van der Waals surface area (Å²) in [5.41, 5.74) is 8.10. The number of carbonyl (C=O) groups is 2. The molecule has 0 aliphatic carbocycles. The average Bonchev–Trinajstić information content (AvgIpc) is 3.22. The van der Waals surface area contributed by atoms with Crippen molar-refractivity contribution < 1.29 is 14.3 Å². The first-order valence-electron chi connectivity index (χ1n) is 10.6. The highest BCUT2D eigenvalue weighted by Crippen LogP contribution is 2.29. The smallest absolute Gasteiger partial charge is 0.274 e. The van der Waals surface area contributed by atoms with E-state index in [1.54, 1.807) is 6.20 Å². The molecule has 32 heavy (non-hydrogen) atoms. The highest BCUT2D eigenvalue weighted by molar-refractivity contribution is 5.94. The SMILES string of the molecule is NC(=O)Cn1ccc2c(OC3CCN(C(=O)c4cnc5ccccc5n4)CC3)cccc21. The van der Waals surface area contributed by atoms with E-state index in [2.05, 4.69) is 9.97 Å². The zero-order valence-corrected chi connectivity index (χ0v) is 17.5. The van der Waals surface area contributed by atoms with Crippen LogP contribution in [-0.4, -0.2) is 50.4 Å². The van der Waals surface area contributed by atoms with E-state index in [0.29, 0.717) is 24.3 Å². The Morgan fingerprint density at radius 1 is 1.03 bits per heavy atom. The number of carbonyl (C=O) groups excluding carboxylic acids is 2. The summed E-state index contributed by atoms with van der Waals surface area (Å²) in [5.74, 6) is 0.283. The predicted octanol–water partition coefficient (Wildman–Crippen LogP) is 2.75. The van der Waals surface area contributed by atoms with Crippen LogP contribution in [-0.2, 0) is 11.3 Å². The van der Waals surface area contributed by atoms with Gasteiger partial charge in [0.2, 0.25) is 5.91 Å². The number of hydrogen-bond donors (Lipinski definition) is 1. The molecule has 0 unspecified atom stereocenters. The average molecular weight is 429 g/mol. The third-order valence-corrected chi connectivity index (χ3v) is 5.79. The van der Waals surface area contributed by atoms with Gasteiger partial charge in [-0.15, -0.1) is 0 Å². The summed E-state index contributed by atoms with van der Waals surface area (Å²) in [4.78, 5) is 34.8. The molecule has 5 rings (SSSR count). The summed E-state index contributed by atoms with van der Waals surface area (Å²) in [6, 6.07) is 15.2. The third-order valence-electron chi connectivity index (χ3n) is 5.79. The molecule has 0 saturated carbocycles. The number of hydrogen-bond acceptors (Lipinski definition) is 5. The van der Waals surface area contributed by atoms with Gasteiger partial charge in [0, 0.05) is 37.5 Å².